The average molecular weight is 332 g/mol. The molecule has 2 aromatic rings. The number of benzene rings is 1. The molecule has 2 amide bonds. The van der Waals surface area contributed by atoms with Gasteiger partial charge in [-0.25, -0.2) is 0 Å². The molecular formula is C16H20N4O2S. The van der Waals surface area contributed by atoms with Crippen LogP contribution < -0.4 is 11.1 Å². The summed E-state index contributed by atoms with van der Waals surface area (Å²) in [6, 6.07) is 9.81. The Kier molecular flexibility index (Phi) is 5.81. The number of anilines is 1. The molecule has 1 aromatic carbocycles. The summed E-state index contributed by atoms with van der Waals surface area (Å²) in [6.45, 7) is 4.01. The van der Waals surface area contributed by atoms with E-state index in [-0.39, 0.29) is 23.6 Å². The van der Waals surface area contributed by atoms with Crippen LogP contribution in [0.2, 0.25) is 0 Å². The number of carbonyl (C=O) groups is 2. The maximum atomic E-state index is 12.5. The highest BCUT2D eigenvalue weighted by atomic mass is 32.2. The second-order valence-corrected chi connectivity index (χ2v) is 6.69. The molecule has 0 unspecified atom stereocenters. The minimum absolute atomic E-state index is 0.0117. The van der Waals surface area contributed by atoms with Crippen molar-refractivity contribution < 1.29 is 9.59 Å². The van der Waals surface area contributed by atoms with Gasteiger partial charge in [0.2, 0.25) is 11.8 Å². The first kappa shape index (κ1) is 17.1. The van der Waals surface area contributed by atoms with Gasteiger partial charge in [-0.2, -0.15) is 5.10 Å². The Hall–Kier alpha value is -2.28. The maximum Gasteiger partial charge on any atom is 0.239 e. The first-order chi connectivity index (χ1) is 11.0. The second-order valence-electron chi connectivity index (χ2n) is 5.48. The quantitative estimate of drug-likeness (QED) is 0.760. The number of primary amides is 1. The first-order valence-corrected chi connectivity index (χ1v) is 8.17. The molecule has 0 aliphatic rings. The van der Waals surface area contributed by atoms with Crippen molar-refractivity contribution in [3.63, 3.8) is 0 Å². The topological polar surface area (TPSA) is 90.0 Å². The lowest BCUT2D eigenvalue weighted by Crippen LogP contribution is -2.29. The van der Waals surface area contributed by atoms with Crippen molar-refractivity contribution in [2.45, 2.75) is 30.5 Å². The van der Waals surface area contributed by atoms with Crippen LogP contribution in [0.1, 0.15) is 13.8 Å². The van der Waals surface area contributed by atoms with E-state index in [1.54, 1.807) is 6.20 Å². The molecule has 0 saturated carbocycles. The van der Waals surface area contributed by atoms with Crippen LogP contribution >= 0.6 is 11.8 Å². The Balaban J connectivity index is 2.03. The van der Waals surface area contributed by atoms with Crippen LogP contribution in [0.15, 0.2) is 47.6 Å². The fourth-order valence-electron chi connectivity index (χ4n) is 2.03. The van der Waals surface area contributed by atoms with Crippen LogP contribution in [0.3, 0.4) is 0 Å². The molecule has 1 heterocycles. The van der Waals surface area contributed by atoms with Gasteiger partial charge < -0.3 is 11.1 Å². The number of hydrogen-bond donors (Lipinski definition) is 2. The van der Waals surface area contributed by atoms with E-state index >= 15 is 0 Å². The fourth-order valence-corrected chi connectivity index (χ4v) is 3.07. The molecule has 0 bridgehead atoms. The van der Waals surface area contributed by atoms with Gasteiger partial charge in [0, 0.05) is 11.1 Å². The summed E-state index contributed by atoms with van der Waals surface area (Å²) in [7, 11) is 0. The third kappa shape index (κ3) is 5.14. The summed E-state index contributed by atoms with van der Waals surface area (Å²) in [4.78, 5) is 24.4. The number of amides is 2. The predicted molar refractivity (Wildman–Crippen MR) is 91.0 cm³/mol. The standard InChI is InChI=1S/C16H20N4O2S/c1-11(2)15(23-13-6-4-3-5-7-13)16(22)19-12-8-18-20(9-12)10-14(17)21/h3-9,11,15H,10H2,1-2H3,(H2,17,21)(H,19,22)/t15-/m0/s1. The van der Waals surface area contributed by atoms with Gasteiger partial charge in [-0.3, -0.25) is 14.3 Å². The third-order valence-corrected chi connectivity index (χ3v) is 4.65. The molecule has 122 valence electrons. The number of carbonyl (C=O) groups excluding carboxylic acids is 2. The summed E-state index contributed by atoms with van der Waals surface area (Å²) >= 11 is 1.53. The molecular weight excluding hydrogens is 312 g/mol. The number of hydrogen-bond acceptors (Lipinski definition) is 4. The van der Waals surface area contributed by atoms with Gasteiger partial charge in [-0.05, 0) is 18.1 Å². The highest BCUT2D eigenvalue weighted by Crippen LogP contribution is 2.28. The van der Waals surface area contributed by atoms with E-state index < -0.39 is 5.91 Å². The van der Waals surface area contributed by atoms with Crippen LogP contribution in [-0.4, -0.2) is 26.8 Å². The van der Waals surface area contributed by atoms with Crippen LogP contribution in [0.5, 0.6) is 0 Å². The van der Waals surface area contributed by atoms with Crippen molar-refractivity contribution in [3.05, 3.63) is 42.7 Å². The van der Waals surface area contributed by atoms with Crippen LogP contribution in [-0.2, 0) is 16.1 Å². The molecule has 6 nitrogen and oxygen atoms in total. The van der Waals surface area contributed by atoms with Gasteiger partial charge >= 0.3 is 0 Å². The van der Waals surface area contributed by atoms with Gasteiger partial charge in [0.05, 0.1) is 17.1 Å². The molecule has 3 N–H and O–H groups in total. The zero-order valence-electron chi connectivity index (χ0n) is 13.1. The van der Waals surface area contributed by atoms with Gasteiger partial charge in [0.1, 0.15) is 6.54 Å². The van der Waals surface area contributed by atoms with Crippen LogP contribution in [0.25, 0.3) is 0 Å². The fraction of sp³-hybridized carbons (Fsp3) is 0.312. The summed E-state index contributed by atoms with van der Waals surface area (Å²) in [5.74, 6) is -0.404. The lowest BCUT2D eigenvalue weighted by atomic mass is 10.1. The van der Waals surface area contributed by atoms with E-state index in [1.165, 1.54) is 22.6 Å². The number of nitrogens with zero attached hydrogens (tertiary/aromatic N) is 2. The SMILES string of the molecule is CC(C)[C@H](Sc1ccccc1)C(=O)Nc1cnn(CC(N)=O)c1. The van der Waals surface area contributed by atoms with Crippen molar-refractivity contribution in [2.24, 2.45) is 11.7 Å². The number of nitrogens with two attached hydrogens (primary N) is 1. The lowest BCUT2D eigenvalue weighted by Gasteiger charge is -2.19. The molecule has 0 radical (unpaired) electrons. The largest absolute Gasteiger partial charge is 0.368 e. The minimum atomic E-state index is -0.481. The average Bonchev–Trinajstić information content (AvgIpc) is 2.91. The van der Waals surface area contributed by atoms with Gasteiger partial charge in [-0.1, -0.05) is 32.0 Å². The van der Waals surface area contributed by atoms with E-state index in [2.05, 4.69) is 10.4 Å². The van der Waals surface area contributed by atoms with Crippen molar-refractivity contribution in [1.29, 1.82) is 0 Å². The Morgan fingerprint density at radius 1 is 1.30 bits per heavy atom. The molecule has 7 heteroatoms. The highest BCUT2D eigenvalue weighted by Gasteiger charge is 2.24. The van der Waals surface area contributed by atoms with Crippen molar-refractivity contribution in [3.8, 4) is 0 Å². The van der Waals surface area contributed by atoms with E-state index in [0.29, 0.717) is 5.69 Å². The van der Waals surface area contributed by atoms with Crippen molar-refractivity contribution >= 4 is 29.3 Å². The second kappa shape index (κ2) is 7.82. The molecule has 0 aliphatic heterocycles. The number of aromatic nitrogens is 2. The molecule has 1 aromatic heterocycles. The van der Waals surface area contributed by atoms with Crippen LogP contribution in [0, 0.1) is 5.92 Å². The molecule has 0 aliphatic carbocycles. The van der Waals surface area contributed by atoms with Crippen molar-refractivity contribution in [1.82, 2.24) is 9.78 Å². The summed E-state index contributed by atoms with van der Waals surface area (Å²) in [6.07, 6.45) is 3.10. The summed E-state index contributed by atoms with van der Waals surface area (Å²) < 4.78 is 1.40. The molecule has 0 fully saturated rings. The maximum absolute atomic E-state index is 12.5. The summed E-state index contributed by atoms with van der Waals surface area (Å²) in [5.41, 5.74) is 5.67. The number of thioether (sulfide) groups is 1. The Labute approximate surface area is 139 Å². The Bertz CT molecular complexity index is 670. The van der Waals surface area contributed by atoms with E-state index in [0.717, 1.165) is 4.90 Å². The number of rotatable bonds is 7. The molecule has 1 atom stereocenters. The lowest BCUT2D eigenvalue weighted by molar-refractivity contribution is -0.118. The molecule has 0 saturated heterocycles. The highest BCUT2D eigenvalue weighted by molar-refractivity contribution is 8.00. The zero-order valence-corrected chi connectivity index (χ0v) is 13.9. The Morgan fingerprint density at radius 2 is 2.00 bits per heavy atom. The zero-order chi connectivity index (χ0) is 16.8. The van der Waals surface area contributed by atoms with Crippen molar-refractivity contribution in [2.75, 3.05) is 5.32 Å². The van der Waals surface area contributed by atoms with E-state index in [4.69, 9.17) is 5.73 Å². The van der Waals surface area contributed by atoms with Crippen LogP contribution in [0.4, 0.5) is 5.69 Å². The minimum Gasteiger partial charge on any atom is -0.368 e. The normalized spacial score (nSPS) is 12.1. The third-order valence-electron chi connectivity index (χ3n) is 3.09. The Morgan fingerprint density at radius 3 is 2.61 bits per heavy atom. The molecule has 0 spiro atoms. The van der Waals surface area contributed by atoms with Gasteiger partial charge in [0.15, 0.2) is 0 Å². The number of nitrogens with one attached hydrogen (secondary N) is 1. The molecule has 23 heavy (non-hydrogen) atoms. The first-order valence-electron chi connectivity index (χ1n) is 7.29. The van der Waals surface area contributed by atoms with E-state index in [9.17, 15) is 9.59 Å². The van der Waals surface area contributed by atoms with Gasteiger partial charge in [-0.15, -0.1) is 11.8 Å². The predicted octanol–water partition coefficient (Wildman–Crippen LogP) is 2.12. The molecule has 2 rings (SSSR count). The monoisotopic (exact) mass is 332 g/mol. The smallest absolute Gasteiger partial charge is 0.239 e. The van der Waals surface area contributed by atoms with Gasteiger partial charge in [0.25, 0.3) is 0 Å². The summed E-state index contributed by atoms with van der Waals surface area (Å²) in [5, 5.41) is 6.61. The van der Waals surface area contributed by atoms with E-state index in [1.807, 2.05) is 44.2 Å².